The monoisotopic (exact) mass is 320 g/mol. The molecule has 5 nitrogen and oxygen atoms in total. The van der Waals surface area contributed by atoms with Crippen LogP contribution >= 0.6 is 0 Å². The molecule has 0 spiro atoms. The van der Waals surface area contributed by atoms with Gasteiger partial charge in [0.2, 0.25) is 0 Å². The number of fused-ring (bicyclic) bond motifs is 1. The van der Waals surface area contributed by atoms with Crippen LogP contribution in [0.1, 0.15) is 69.1 Å². The Morgan fingerprint density at radius 1 is 1.26 bits per heavy atom. The lowest BCUT2D eigenvalue weighted by atomic mass is 9.75. The van der Waals surface area contributed by atoms with Gasteiger partial charge in [-0.1, -0.05) is 13.8 Å². The molecule has 3 N–H and O–H groups in total. The maximum atomic E-state index is 12.4. The van der Waals surface area contributed by atoms with Gasteiger partial charge >= 0.3 is 6.03 Å². The van der Waals surface area contributed by atoms with Crippen molar-refractivity contribution < 1.29 is 14.3 Å². The lowest BCUT2D eigenvalue weighted by Gasteiger charge is -2.35. The molecular weight excluding hydrogens is 292 g/mol. The number of rotatable bonds is 2. The number of amides is 2. The van der Waals surface area contributed by atoms with Crippen LogP contribution in [-0.2, 0) is 6.42 Å². The number of carbonyl (C=O) groups excluding carboxylic acids is 1. The highest BCUT2D eigenvalue weighted by Crippen LogP contribution is 2.41. The number of carbonyl (C=O) groups is 1. The first-order valence-corrected chi connectivity index (χ1v) is 8.67. The Balaban J connectivity index is 1.63. The molecule has 2 aliphatic rings. The van der Waals surface area contributed by atoms with Crippen LogP contribution in [0.4, 0.5) is 4.79 Å². The Kier molecular flexibility index (Phi) is 4.41. The minimum absolute atomic E-state index is 0.000353. The summed E-state index contributed by atoms with van der Waals surface area (Å²) in [6.07, 6.45) is 4.86. The van der Waals surface area contributed by atoms with Gasteiger partial charge in [0.05, 0.1) is 12.1 Å². The Morgan fingerprint density at radius 3 is 2.65 bits per heavy atom. The highest BCUT2D eigenvalue weighted by atomic mass is 16.3. The summed E-state index contributed by atoms with van der Waals surface area (Å²) in [5.41, 5.74) is 1.24. The Bertz CT molecular complexity index is 571. The van der Waals surface area contributed by atoms with Crippen LogP contribution in [0.3, 0.4) is 0 Å². The van der Waals surface area contributed by atoms with Crippen molar-refractivity contribution in [3.63, 3.8) is 0 Å². The SMILES string of the molecule is Cc1cc2c(o1)CC(C)(C)CC2NC(=O)NC1CCC(O)CC1. The number of hydrogen-bond donors (Lipinski definition) is 3. The molecule has 1 aromatic rings. The van der Waals surface area contributed by atoms with Crippen molar-refractivity contribution in [2.24, 2.45) is 5.41 Å². The topological polar surface area (TPSA) is 74.5 Å². The molecule has 1 heterocycles. The van der Waals surface area contributed by atoms with E-state index in [0.29, 0.717) is 0 Å². The first-order chi connectivity index (χ1) is 10.8. The average molecular weight is 320 g/mol. The second-order valence-electron chi connectivity index (χ2n) is 7.96. The van der Waals surface area contributed by atoms with Gasteiger partial charge < -0.3 is 20.2 Å². The molecule has 0 radical (unpaired) electrons. The number of nitrogens with one attached hydrogen (secondary N) is 2. The van der Waals surface area contributed by atoms with E-state index in [2.05, 4.69) is 24.5 Å². The molecule has 1 atom stereocenters. The van der Waals surface area contributed by atoms with Gasteiger partial charge in [-0.05, 0) is 50.5 Å². The number of hydrogen-bond acceptors (Lipinski definition) is 3. The van der Waals surface area contributed by atoms with E-state index in [9.17, 15) is 9.90 Å². The second kappa shape index (κ2) is 6.19. The van der Waals surface area contributed by atoms with Gasteiger partial charge in [-0.15, -0.1) is 0 Å². The first kappa shape index (κ1) is 16.4. The summed E-state index contributed by atoms with van der Waals surface area (Å²) in [4.78, 5) is 12.4. The fraction of sp³-hybridized carbons (Fsp3) is 0.722. The fourth-order valence-electron chi connectivity index (χ4n) is 3.92. The van der Waals surface area contributed by atoms with Crippen molar-refractivity contribution in [1.82, 2.24) is 10.6 Å². The first-order valence-electron chi connectivity index (χ1n) is 8.67. The van der Waals surface area contributed by atoms with Gasteiger partial charge in [0.1, 0.15) is 11.5 Å². The zero-order valence-electron chi connectivity index (χ0n) is 14.3. The molecule has 1 saturated carbocycles. The quantitative estimate of drug-likeness (QED) is 0.783. The minimum Gasteiger partial charge on any atom is -0.466 e. The number of aliphatic hydroxyl groups excluding tert-OH is 1. The van der Waals surface area contributed by atoms with Crippen LogP contribution in [0.5, 0.6) is 0 Å². The van der Waals surface area contributed by atoms with Crippen molar-refractivity contribution in [3.8, 4) is 0 Å². The summed E-state index contributed by atoms with van der Waals surface area (Å²) in [5.74, 6) is 1.91. The van der Waals surface area contributed by atoms with Crippen molar-refractivity contribution in [2.45, 2.75) is 77.5 Å². The second-order valence-corrected chi connectivity index (χ2v) is 7.96. The van der Waals surface area contributed by atoms with Gasteiger partial charge in [-0.2, -0.15) is 0 Å². The molecule has 1 unspecified atom stereocenters. The van der Waals surface area contributed by atoms with Crippen molar-refractivity contribution in [1.29, 1.82) is 0 Å². The number of aliphatic hydroxyl groups is 1. The number of aryl methyl sites for hydroxylation is 1. The third-order valence-corrected chi connectivity index (χ3v) is 5.07. The van der Waals surface area contributed by atoms with Crippen LogP contribution in [0, 0.1) is 12.3 Å². The number of urea groups is 1. The van der Waals surface area contributed by atoms with Crippen LogP contribution in [-0.4, -0.2) is 23.3 Å². The molecule has 1 fully saturated rings. The third-order valence-electron chi connectivity index (χ3n) is 5.07. The van der Waals surface area contributed by atoms with E-state index in [1.807, 2.05) is 13.0 Å². The van der Waals surface area contributed by atoms with Crippen molar-refractivity contribution >= 4 is 6.03 Å². The molecule has 0 aromatic carbocycles. The van der Waals surface area contributed by atoms with E-state index in [0.717, 1.165) is 55.6 Å². The molecule has 128 valence electrons. The van der Waals surface area contributed by atoms with E-state index in [1.165, 1.54) is 0 Å². The van der Waals surface area contributed by atoms with E-state index in [-0.39, 0.29) is 29.6 Å². The molecule has 3 rings (SSSR count). The fourth-order valence-corrected chi connectivity index (χ4v) is 3.92. The van der Waals surface area contributed by atoms with E-state index >= 15 is 0 Å². The largest absolute Gasteiger partial charge is 0.466 e. The molecule has 1 aromatic heterocycles. The predicted octanol–water partition coefficient (Wildman–Crippen LogP) is 3.20. The van der Waals surface area contributed by atoms with Gasteiger partial charge in [-0.3, -0.25) is 0 Å². The van der Waals surface area contributed by atoms with Gasteiger partial charge in [0.15, 0.2) is 0 Å². The van der Waals surface area contributed by atoms with Crippen LogP contribution in [0.2, 0.25) is 0 Å². The Labute approximate surface area is 137 Å². The summed E-state index contributed by atoms with van der Waals surface area (Å²) in [6.45, 7) is 6.38. The molecule has 2 aliphatic carbocycles. The van der Waals surface area contributed by atoms with E-state index in [4.69, 9.17) is 4.42 Å². The molecule has 23 heavy (non-hydrogen) atoms. The zero-order valence-corrected chi connectivity index (χ0v) is 14.3. The van der Waals surface area contributed by atoms with E-state index < -0.39 is 0 Å². The van der Waals surface area contributed by atoms with E-state index in [1.54, 1.807) is 0 Å². The van der Waals surface area contributed by atoms with Crippen LogP contribution in [0.25, 0.3) is 0 Å². The molecular formula is C18H28N2O3. The molecule has 0 aliphatic heterocycles. The van der Waals surface area contributed by atoms with Crippen LogP contribution < -0.4 is 10.6 Å². The van der Waals surface area contributed by atoms with Gasteiger partial charge in [-0.25, -0.2) is 4.79 Å². The summed E-state index contributed by atoms with van der Waals surface area (Å²) >= 11 is 0. The normalized spacial score (nSPS) is 29.7. The maximum absolute atomic E-state index is 12.4. The van der Waals surface area contributed by atoms with Crippen LogP contribution in [0.15, 0.2) is 10.5 Å². The minimum atomic E-state index is -0.202. The van der Waals surface area contributed by atoms with Gasteiger partial charge in [0, 0.05) is 18.0 Å². The molecule has 0 bridgehead atoms. The third kappa shape index (κ3) is 3.89. The predicted molar refractivity (Wildman–Crippen MR) is 88.2 cm³/mol. The lowest BCUT2D eigenvalue weighted by molar-refractivity contribution is 0.117. The zero-order chi connectivity index (χ0) is 16.6. The molecule has 0 saturated heterocycles. The Hall–Kier alpha value is -1.49. The highest BCUT2D eigenvalue weighted by molar-refractivity contribution is 5.75. The number of furan rings is 1. The summed E-state index contributed by atoms with van der Waals surface area (Å²) in [5, 5.41) is 15.7. The van der Waals surface area contributed by atoms with Crippen molar-refractivity contribution in [2.75, 3.05) is 0 Å². The van der Waals surface area contributed by atoms with Gasteiger partial charge in [0.25, 0.3) is 0 Å². The average Bonchev–Trinajstić information content (AvgIpc) is 2.80. The summed E-state index contributed by atoms with van der Waals surface area (Å²) < 4.78 is 5.82. The lowest BCUT2D eigenvalue weighted by Crippen LogP contribution is -2.46. The molecule has 2 amide bonds. The standard InChI is InChI=1S/C18H28N2O3/c1-11-8-14-15(9-18(2,3)10-16(14)23-11)20-17(22)19-12-4-6-13(21)7-5-12/h8,12-13,15,21H,4-7,9-10H2,1-3H3,(H2,19,20,22). The Morgan fingerprint density at radius 2 is 1.96 bits per heavy atom. The molecule has 5 heteroatoms. The smallest absolute Gasteiger partial charge is 0.315 e. The summed E-state index contributed by atoms with van der Waals surface area (Å²) in [7, 11) is 0. The van der Waals surface area contributed by atoms with Crippen molar-refractivity contribution in [3.05, 3.63) is 23.2 Å². The highest BCUT2D eigenvalue weighted by Gasteiger charge is 2.35. The maximum Gasteiger partial charge on any atom is 0.315 e. The summed E-state index contributed by atoms with van der Waals surface area (Å²) in [6, 6.07) is 2.10.